The summed E-state index contributed by atoms with van der Waals surface area (Å²) in [6, 6.07) is 17.4. The second-order valence-electron chi connectivity index (χ2n) is 7.18. The monoisotopic (exact) mass is 347 g/mol. The summed E-state index contributed by atoms with van der Waals surface area (Å²) in [4.78, 5) is 2.17. The van der Waals surface area contributed by atoms with Gasteiger partial charge in [0.05, 0.1) is 14.2 Å². The fraction of sp³-hybridized carbons (Fsp3) is 0.304. The summed E-state index contributed by atoms with van der Waals surface area (Å²) in [6.45, 7) is 0. The lowest BCUT2D eigenvalue weighted by Crippen LogP contribution is -2.09. The first-order valence-corrected chi connectivity index (χ1v) is 9.08. The number of benzene rings is 3. The van der Waals surface area contributed by atoms with Gasteiger partial charge in [-0.25, -0.2) is 0 Å². The molecule has 0 saturated heterocycles. The highest BCUT2D eigenvalue weighted by Gasteiger charge is 2.27. The van der Waals surface area contributed by atoms with Crippen LogP contribution in [0.1, 0.15) is 24.3 Å². The van der Waals surface area contributed by atoms with Crippen LogP contribution in [-0.2, 0) is 0 Å². The van der Waals surface area contributed by atoms with E-state index >= 15 is 0 Å². The number of fused-ring (bicyclic) bond motifs is 1. The predicted molar refractivity (Wildman–Crippen MR) is 109 cm³/mol. The summed E-state index contributed by atoms with van der Waals surface area (Å²) in [5.41, 5.74) is 5.17. The Balaban J connectivity index is 1.98. The number of hydrogen-bond donors (Lipinski definition) is 0. The van der Waals surface area contributed by atoms with Crippen molar-refractivity contribution in [2.45, 2.75) is 18.8 Å². The molecule has 0 aliphatic heterocycles. The average molecular weight is 347 g/mol. The molecular weight excluding hydrogens is 322 g/mol. The highest BCUT2D eigenvalue weighted by atomic mass is 16.5. The molecule has 0 unspecified atom stereocenters. The van der Waals surface area contributed by atoms with Crippen molar-refractivity contribution in [3.63, 3.8) is 0 Å². The van der Waals surface area contributed by atoms with Crippen molar-refractivity contribution in [1.29, 1.82) is 0 Å². The molecule has 0 spiro atoms. The van der Waals surface area contributed by atoms with Crippen LogP contribution >= 0.6 is 0 Å². The van der Waals surface area contributed by atoms with E-state index in [4.69, 9.17) is 9.47 Å². The van der Waals surface area contributed by atoms with Crippen molar-refractivity contribution in [1.82, 2.24) is 0 Å². The van der Waals surface area contributed by atoms with Crippen LogP contribution in [-0.4, -0.2) is 28.3 Å². The number of rotatable bonds is 5. The third-order valence-electron chi connectivity index (χ3n) is 5.20. The SMILES string of the molecule is COc1cc2cc(-c3ccccc3N(C)C)cc(C3CC3)c2cc1OC. The Hall–Kier alpha value is -2.68. The first kappa shape index (κ1) is 16.8. The van der Waals surface area contributed by atoms with Crippen LogP contribution in [0.25, 0.3) is 21.9 Å². The first-order valence-electron chi connectivity index (χ1n) is 9.08. The van der Waals surface area contributed by atoms with E-state index in [1.54, 1.807) is 14.2 Å². The predicted octanol–water partition coefficient (Wildman–Crippen LogP) is 5.47. The Bertz CT molecular complexity index is 958. The molecule has 1 aliphatic rings. The Morgan fingerprint density at radius 2 is 1.58 bits per heavy atom. The molecule has 1 aliphatic carbocycles. The Kier molecular flexibility index (Phi) is 4.23. The first-order chi connectivity index (χ1) is 12.6. The van der Waals surface area contributed by atoms with Gasteiger partial charge in [-0.15, -0.1) is 0 Å². The van der Waals surface area contributed by atoms with Gasteiger partial charge in [0, 0.05) is 25.3 Å². The summed E-state index contributed by atoms with van der Waals surface area (Å²) in [5.74, 6) is 2.23. The van der Waals surface area contributed by atoms with Crippen LogP contribution in [0, 0.1) is 0 Å². The maximum absolute atomic E-state index is 5.53. The lowest BCUT2D eigenvalue weighted by molar-refractivity contribution is 0.356. The summed E-state index contributed by atoms with van der Waals surface area (Å²) >= 11 is 0. The smallest absolute Gasteiger partial charge is 0.161 e. The lowest BCUT2D eigenvalue weighted by Gasteiger charge is -2.19. The zero-order chi connectivity index (χ0) is 18.3. The van der Waals surface area contributed by atoms with Gasteiger partial charge in [0.2, 0.25) is 0 Å². The molecule has 0 bridgehead atoms. The minimum atomic E-state index is 0.655. The van der Waals surface area contributed by atoms with Crippen LogP contribution in [0.4, 0.5) is 5.69 Å². The fourth-order valence-corrected chi connectivity index (χ4v) is 3.71. The van der Waals surface area contributed by atoms with Gasteiger partial charge in [0.15, 0.2) is 11.5 Å². The number of anilines is 1. The molecule has 3 heteroatoms. The highest BCUT2D eigenvalue weighted by Crippen LogP contribution is 2.47. The molecule has 134 valence electrons. The van der Waals surface area contributed by atoms with E-state index in [0.717, 1.165) is 11.5 Å². The van der Waals surface area contributed by atoms with Crippen LogP contribution in [0.3, 0.4) is 0 Å². The highest BCUT2D eigenvalue weighted by molar-refractivity contribution is 5.95. The largest absolute Gasteiger partial charge is 0.493 e. The van der Waals surface area contributed by atoms with Crippen molar-refractivity contribution in [2.24, 2.45) is 0 Å². The summed E-state index contributed by atoms with van der Waals surface area (Å²) in [5, 5.41) is 2.48. The number of para-hydroxylation sites is 1. The Morgan fingerprint density at radius 3 is 2.23 bits per heavy atom. The number of ether oxygens (including phenoxy) is 2. The molecule has 4 rings (SSSR count). The van der Waals surface area contributed by atoms with E-state index in [1.807, 2.05) is 0 Å². The van der Waals surface area contributed by atoms with Crippen molar-refractivity contribution >= 4 is 16.5 Å². The van der Waals surface area contributed by atoms with Gasteiger partial charge in [-0.05, 0) is 64.9 Å². The van der Waals surface area contributed by atoms with E-state index in [2.05, 4.69) is 67.5 Å². The van der Waals surface area contributed by atoms with Gasteiger partial charge < -0.3 is 14.4 Å². The molecule has 3 aromatic rings. The Morgan fingerprint density at radius 1 is 0.885 bits per heavy atom. The van der Waals surface area contributed by atoms with Crippen LogP contribution in [0.2, 0.25) is 0 Å². The molecule has 1 saturated carbocycles. The standard InChI is InChI=1S/C23H25NO2/c1-24(2)21-8-6-5-7-18(21)16-11-17-13-22(25-3)23(26-4)14-20(17)19(12-16)15-9-10-15/h5-8,11-15H,9-10H2,1-4H3. The van der Waals surface area contributed by atoms with Crippen LogP contribution in [0.5, 0.6) is 11.5 Å². The van der Waals surface area contributed by atoms with Gasteiger partial charge in [-0.3, -0.25) is 0 Å². The van der Waals surface area contributed by atoms with Crippen LogP contribution in [0.15, 0.2) is 48.5 Å². The average Bonchev–Trinajstić information content (AvgIpc) is 3.51. The number of nitrogens with zero attached hydrogens (tertiary/aromatic N) is 1. The maximum Gasteiger partial charge on any atom is 0.161 e. The molecule has 3 aromatic carbocycles. The van der Waals surface area contributed by atoms with E-state index in [-0.39, 0.29) is 0 Å². The topological polar surface area (TPSA) is 21.7 Å². The molecule has 0 amide bonds. The normalized spacial score (nSPS) is 13.7. The number of methoxy groups -OCH3 is 2. The van der Waals surface area contributed by atoms with Gasteiger partial charge in [-0.1, -0.05) is 24.3 Å². The molecule has 0 N–H and O–H groups in total. The fourth-order valence-electron chi connectivity index (χ4n) is 3.71. The summed E-state index contributed by atoms with van der Waals surface area (Å²) in [7, 11) is 7.57. The molecule has 26 heavy (non-hydrogen) atoms. The molecule has 0 heterocycles. The van der Waals surface area contributed by atoms with Gasteiger partial charge in [0.1, 0.15) is 0 Å². The molecule has 3 nitrogen and oxygen atoms in total. The molecule has 0 aromatic heterocycles. The van der Waals surface area contributed by atoms with Crippen molar-refractivity contribution in [3.8, 4) is 22.6 Å². The molecule has 0 radical (unpaired) electrons. The van der Waals surface area contributed by atoms with Gasteiger partial charge in [0.25, 0.3) is 0 Å². The van der Waals surface area contributed by atoms with Crippen molar-refractivity contribution in [2.75, 3.05) is 33.2 Å². The molecule has 0 atom stereocenters. The molecular formula is C23H25NO2. The van der Waals surface area contributed by atoms with Crippen LogP contribution < -0.4 is 14.4 Å². The minimum Gasteiger partial charge on any atom is -0.493 e. The molecule has 1 fully saturated rings. The van der Waals surface area contributed by atoms with Crippen molar-refractivity contribution < 1.29 is 9.47 Å². The summed E-state index contributed by atoms with van der Waals surface area (Å²) in [6.07, 6.45) is 2.53. The minimum absolute atomic E-state index is 0.655. The zero-order valence-corrected chi connectivity index (χ0v) is 15.9. The van der Waals surface area contributed by atoms with Crippen molar-refractivity contribution in [3.05, 3.63) is 54.1 Å². The van der Waals surface area contributed by atoms with Gasteiger partial charge >= 0.3 is 0 Å². The van der Waals surface area contributed by atoms with E-state index in [1.165, 1.54) is 46.0 Å². The van der Waals surface area contributed by atoms with Gasteiger partial charge in [-0.2, -0.15) is 0 Å². The lowest BCUT2D eigenvalue weighted by atomic mass is 9.93. The Labute approximate surface area is 155 Å². The third kappa shape index (κ3) is 2.88. The summed E-state index contributed by atoms with van der Waals surface area (Å²) < 4.78 is 11.1. The van der Waals surface area contributed by atoms with E-state index in [0.29, 0.717) is 5.92 Å². The maximum atomic E-state index is 5.53. The second kappa shape index (κ2) is 6.56. The van der Waals surface area contributed by atoms with E-state index < -0.39 is 0 Å². The third-order valence-corrected chi connectivity index (χ3v) is 5.20. The number of hydrogen-bond acceptors (Lipinski definition) is 3. The quantitative estimate of drug-likeness (QED) is 0.611. The zero-order valence-electron chi connectivity index (χ0n) is 15.9. The second-order valence-corrected chi connectivity index (χ2v) is 7.18. The van der Waals surface area contributed by atoms with E-state index in [9.17, 15) is 0 Å².